The highest BCUT2D eigenvalue weighted by molar-refractivity contribution is 9.10. The van der Waals surface area contributed by atoms with Gasteiger partial charge in [-0.1, -0.05) is 65.2 Å². The quantitative estimate of drug-likeness (QED) is 0.774. The summed E-state index contributed by atoms with van der Waals surface area (Å²) in [6.45, 7) is 0. The van der Waals surface area contributed by atoms with Crippen LogP contribution in [0.5, 0.6) is 0 Å². The summed E-state index contributed by atoms with van der Waals surface area (Å²) >= 11 is 3.55. The molecule has 0 heterocycles. The number of nitrogens with one attached hydrogen (secondary N) is 1. The Labute approximate surface area is 129 Å². The van der Waals surface area contributed by atoms with Gasteiger partial charge in [0.2, 0.25) is 0 Å². The third-order valence-electron chi connectivity index (χ3n) is 4.17. The first-order valence-electron chi connectivity index (χ1n) is 7.40. The maximum absolute atomic E-state index is 3.74. The summed E-state index contributed by atoms with van der Waals surface area (Å²) in [6.07, 6.45) is 5.22. The van der Waals surface area contributed by atoms with Crippen molar-refractivity contribution in [2.45, 2.75) is 37.6 Å². The standard InChI is InChI=1S/C18H20BrN/c19-15-9-6-10-16(13-15)20-18-12-5-4-11-17(18)14-7-2-1-3-8-14/h1-3,6-10,13,17-18,20H,4-5,11-12H2. The molecule has 0 bridgehead atoms. The Morgan fingerprint density at radius 2 is 1.70 bits per heavy atom. The lowest BCUT2D eigenvalue weighted by atomic mass is 9.80. The van der Waals surface area contributed by atoms with Gasteiger partial charge < -0.3 is 5.32 Å². The molecule has 1 fully saturated rings. The third kappa shape index (κ3) is 3.24. The Balaban J connectivity index is 1.79. The van der Waals surface area contributed by atoms with Gasteiger partial charge in [0, 0.05) is 22.1 Å². The summed E-state index contributed by atoms with van der Waals surface area (Å²) < 4.78 is 1.13. The molecular formula is C18H20BrN. The maximum atomic E-state index is 3.74. The predicted molar refractivity (Wildman–Crippen MR) is 89.2 cm³/mol. The van der Waals surface area contributed by atoms with Crippen molar-refractivity contribution in [2.24, 2.45) is 0 Å². The van der Waals surface area contributed by atoms with E-state index < -0.39 is 0 Å². The lowest BCUT2D eigenvalue weighted by Crippen LogP contribution is -2.30. The topological polar surface area (TPSA) is 12.0 Å². The van der Waals surface area contributed by atoms with Crippen molar-refractivity contribution < 1.29 is 0 Å². The smallest absolute Gasteiger partial charge is 0.0353 e. The fourth-order valence-electron chi connectivity index (χ4n) is 3.20. The second-order valence-corrected chi connectivity index (χ2v) is 6.48. The molecule has 1 aliphatic rings. The van der Waals surface area contributed by atoms with Crippen molar-refractivity contribution in [3.63, 3.8) is 0 Å². The van der Waals surface area contributed by atoms with Crippen LogP contribution in [0.2, 0.25) is 0 Å². The Kier molecular flexibility index (Phi) is 4.41. The van der Waals surface area contributed by atoms with Crippen LogP contribution in [-0.4, -0.2) is 6.04 Å². The highest BCUT2D eigenvalue weighted by Crippen LogP contribution is 2.35. The number of anilines is 1. The minimum Gasteiger partial charge on any atom is -0.382 e. The van der Waals surface area contributed by atoms with Crippen molar-refractivity contribution >= 4 is 21.6 Å². The summed E-state index contributed by atoms with van der Waals surface area (Å²) in [7, 11) is 0. The molecular weight excluding hydrogens is 310 g/mol. The fraction of sp³-hybridized carbons (Fsp3) is 0.333. The molecule has 2 aromatic rings. The van der Waals surface area contributed by atoms with Gasteiger partial charge in [-0.2, -0.15) is 0 Å². The van der Waals surface area contributed by atoms with Crippen LogP contribution in [0.15, 0.2) is 59.1 Å². The second-order valence-electron chi connectivity index (χ2n) is 5.56. The first-order valence-corrected chi connectivity index (χ1v) is 8.19. The highest BCUT2D eigenvalue weighted by atomic mass is 79.9. The van der Waals surface area contributed by atoms with E-state index in [1.54, 1.807) is 0 Å². The summed E-state index contributed by atoms with van der Waals surface area (Å²) in [5.74, 6) is 0.629. The van der Waals surface area contributed by atoms with Crippen LogP contribution < -0.4 is 5.32 Å². The van der Waals surface area contributed by atoms with Crippen LogP contribution in [0.3, 0.4) is 0 Å². The normalized spacial score (nSPS) is 22.4. The fourth-order valence-corrected chi connectivity index (χ4v) is 3.59. The third-order valence-corrected chi connectivity index (χ3v) is 4.66. The highest BCUT2D eigenvalue weighted by Gasteiger charge is 2.26. The van der Waals surface area contributed by atoms with Gasteiger partial charge in [0.25, 0.3) is 0 Å². The Bertz CT molecular complexity index is 552. The van der Waals surface area contributed by atoms with E-state index in [0.717, 1.165) is 4.47 Å². The van der Waals surface area contributed by atoms with Crippen molar-refractivity contribution in [2.75, 3.05) is 5.32 Å². The molecule has 1 N–H and O–H groups in total. The molecule has 0 radical (unpaired) electrons. The average Bonchev–Trinajstić information content (AvgIpc) is 2.49. The van der Waals surface area contributed by atoms with Gasteiger partial charge >= 0.3 is 0 Å². The van der Waals surface area contributed by atoms with E-state index in [1.807, 2.05) is 0 Å². The maximum Gasteiger partial charge on any atom is 0.0353 e. The predicted octanol–water partition coefficient (Wildman–Crippen LogP) is 5.59. The van der Waals surface area contributed by atoms with Crippen molar-refractivity contribution in [1.82, 2.24) is 0 Å². The molecule has 2 aromatic carbocycles. The zero-order valence-corrected chi connectivity index (χ0v) is 13.1. The summed E-state index contributed by atoms with van der Waals surface area (Å²) in [4.78, 5) is 0. The van der Waals surface area contributed by atoms with Crippen LogP contribution in [0.1, 0.15) is 37.2 Å². The zero-order valence-electron chi connectivity index (χ0n) is 11.6. The van der Waals surface area contributed by atoms with Crippen LogP contribution in [0.4, 0.5) is 5.69 Å². The number of halogens is 1. The molecule has 0 aromatic heterocycles. The second kappa shape index (κ2) is 6.45. The summed E-state index contributed by atoms with van der Waals surface area (Å²) in [5, 5.41) is 3.74. The largest absolute Gasteiger partial charge is 0.382 e. The number of hydrogen-bond acceptors (Lipinski definition) is 1. The van der Waals surface area contributed by atoms with Crippen LogP contribution >= 0.6 is 15.9 Å². The number of hydrogen-bond donors (Lipinski definition) is 1. The van der Waals surface area contributed by atoms with Gasteiger partial charge in [0.05, 0.1) is 0 Å². The lowest BCUT2D eigenvalue weighted by Gasteiger charge is -2.33. The molecule has 1 aliphatic carbocycles. The van der Waals surface area contributed by atoms with Gasteiger partial charge in [0.1, 0.15) is 0 Å². The van der Waals surface area contributed by atoms with Crippen molar-refractivity contribution in [3.05, 3.63) is 64.6 Å². The van der Waals surface area contributed by atoms with E-state index >= 15 is 0 Å². The van der Waals surface area contributed by atoms with Gasteiger partial charge in [-0.05, 0) is 36.6 Å². The molecule has 1 saturated carbocycles. The molecule has 0 aliphatic heterocycles. The molecule has 1 nitrogen and oxygen atoms in total. The Morgan fingerprint density at radius 3 is 2.50 bits per heavy atom. The SMILES string of the molecule is Brc1cccc(NC2CCCCC2c2ccccc2)c1. The Hall–Kier alpha value is -1.28. The minimum atomic E-state index is 0.542. The number of rotatable bonds is 3. The van der Waals surface area contributed by atoms with E-state index in [1.165, 1.54) is 36.9 Å². The van der Waals surface area contributed by atoms with E-state index in [0.29, 0.717) is 12.0 Å². The molecule has 0 spiro atoms. The van der Waals surface area contributed by atoms with Crippen LogP contribution in [0.25, 0.3) is 0 Å². The summed E-state index contributed by atoms with van der Waals surface area (Å²) in [5.41, 5.74) is 2.69. The van der Waals surface area contributed by atoms with E-state index in [2.05, 4.69) is 75.8 Å². The van der Waals surface area contributed by atoms with E-state index in [-0.39, 0.29) is 0 Å². The van der Waals surface area contributed by atoms with Gasteiger partial charge in [-0.15, -0.1) is 0 Å². The van der Waals surface area contributed by atoms with Crippen LogP contribution in [-0.2, 0) is 0 Å². The molecule has 20 heavy (non-hydrogen) atoms. The molecule has 0 amide bonds. The van der Waals surface area contributed by atoms with Gasteiger partial charge in [0.15, 0.2) is 0 Å². The van der Waals surface area contributed by atoms with Gasteiger partial charge in [-0.25, -0.2) is 0 Å². The zero-order chi connectivity index (χ0) is 13.8. The minimum absolute atomic E-state index is 0.542. The molecule has 2 unspecified atom stereocenters. The first-order chi connectivity index (χ1) is 9.83. The lowest BCUT2D eigenvalue weighted by molar-refractivity contribution is 0.405. The molecule has 2 heteroatoms. The monoisotopic (exact) mass is 329 g/mol. The first kappa shape index (κ1) is 13.7. The molecule has 104 valence electrons. The van der Waals surface area contributed by atoms with Gasteiger partial charge in [-0.3, -0.25) is 0 Å². The Morgan fingerprint density at radius 1 is 0.900 bits per heavy atom. The average molecular weight is 330 g/mol. The van der Waals surface area contributed by atoms with Crippen LogP contribution in [0, 0.1) is 0 Å². The number of benzene rings is 2. The van der Waals surface area contributed by atoms with E-state index in [9.17, 15) is 0 Å². The summed E-state index contributed by atoms with van der Waals surface area (Å²) in [6, 6.07) is 20.0. The van der Waals surface area contributed by atoms with Crippen molar-refractivity contribution in [1.29, 1.82) is 0 Å². The molecule has 2 atom stereocenters. The van der Waals surface area contributed by atoms with Crippen molar-refractivity contribution in [3.8, 4) is 0 Å². The van der Waals surface area contributed by atoms with E-state index in [4.69, 9.17) is 0 Å². The molecule has 3 rings (SSSR count). The molecule has 0 saturated heterocycles.